The molecule has 0 aliphatic heterocycles. The number of phenols is 1. The summed E-state index contributed by atoms with van der Waals surface area (Å²) in [5.74, 6) is 0.343. The van der Waals surface area contributed by atoms with E-state index in [1.165, 1.54) is 0 Å². The zero-order valence-electron chi connectivity index (χ0n) is 11.2. The number of sulfone groups is 1. The van der Waals surface area contributed by atoms with Gasteiger partial charge in [0.2, 0.25) is 0 Å². The third-order valence-electron chi connectivity index (χ3n) is 3.03. The normalized spacial score (nSPS) is 11.2. The van der Waals surface area contributed by atoms with Crippen molar-refractivity contribution in [2.75, 3.05) is 11.1 Å². The molecule has 0 fully saturated rings. The highest BCUT2D eigenvalue weighted by molar-refractivity contribution is 7.91. The van der Waals surface area contributed by atoms with Crippen LogP contribution in [0.15, 0.2) is 53.4 Å². The highest BCUT2D eigenvalue weighted by atomic mass is 32.2. The minimum atomic E-state index is -3.14. The first kappa shape index (κ1) is 14.4. The Labute approximate surface area is 119 Å². The zero-order valence-corrected chi connectivity index (χ0v) is 12.0. The highest BCUT2D eigenvalue weighted by Crippen LogP contribution is 2.16. The van der Waals surface area contributed by atoms with Crippen LogP contribution in [0.4, 0.5) is 5.69 Å². The van der Waals surface area contributed by atoms with Crippen LogP contribution in [0.1, 0.15) is 12.5 Å². The van der Waals surface area contributed by atoms with Gasteiger partial charge in [0.25, 0.3) is 0 Å². The van der Waals surface area contributed by atoms with Gasteiger partial charge in [-0.05, 0) is 42.0 Å². The molecule has 0 bridgehead atoms. The fourth-order valence-corrected chi connectivity index (χ4v) is 2.65. The van der Waals surface area contributed by atoms with E-state index in [1.54, 1.807) is 43.3 Å². The molecule has 0 heterocycles. The molecule has 0 aliphatic rings. The molecular weight excluding hydrogens is 274 g/mol. The van der Waals surface area contributed by atoms with Crippen LogP contribution in [0.25, 0.3) is 0 Å². The van der Waals surface area contributed by atoms with Crippen LogP contribution in [0.3, 0.4) is 0 Å². The Kier molecular flexibility index (Phi) is 4.29. The molecule has 0 atom stereocenters. The van der Waals surface area contributed by atoms with Crippen LogP contribution < -0.4 is 5.32 Å². The van der Waals surface area contributed by atoms with Gasteiger partial charge in [-0.15, -0.1) is 0 Å². The Morgan fingerprint density at radius 1 is 1.00 bits per heavy atom. The molecule has 0 radical (unpaired) electrons. The van der Waals surface area contributed by atoms with Crippen LogP contribution in [0.5, 0.6) is 5.75 Å². The van der Waals surface area contributed by atoms with Gasteiger partial charge in [-0.3, -0.25) is 0 Å². The van der Waals surface area contributed by atoms with Gasteiger partial charge in [0.05, 0.1) is 10.6 Å². The van der Waals surface area contributed by atoms with E-state index in [4.69, 9.17) is 0 Å². The second-order valence-electron chi connectivity index (χ2n) is 4.45. The number of nitrogens with one attached hydrogen (secondary N) is 1. The predicted octanol–water partition coefficient (Wildman–Crippen LogP) is 2.80. The van der Waals surface area contributed by atoms with E-state index >= 15 is 0 Å². The van der Waals surface area contributed by atoms with E-state index < -0.39 is 9.84 Å². The minimum absolute atomic E-state index is 0.104. The third-order valence-corrected chi connectivity index (χ3v) is 4.78. The van der Waals surface area contributed by atoms with Crippen LogP contribution in [0.2, 0.25) is 0 Å². The summed E-state index contributed by atoms with van der Waals surface area (Å²) in [5, 5.41) is 12.4. The van der Waals surface area contributed by atoms with Gasteiger partial charge in [-0.25, -0.2) is 8.42 Å². The summed E-state index contributed by atoms with van der Waals surface area (Å²) in [6.07, 6.45) is 0. The quantitative estimate of drug-likeness (QED) is 0.889. The fourth-order valence-electron chi connectivity index (χ4n) is 1.76. The molecule has 4 nitrogen and oxygen atoms in total. The molecule has 2 aromatic carbocycles. The number of hydrogen-bond acceptors (Lipinski definition) is 4. The largest absolute Gasteiger partial charge is 0.508 e. The van der Waals surface area contributed by atoms with Gasteiger partial charge in [-0.2, -0.15) is 0 Å². The molecule has 0 saturated carbocycles. The monoisotopic (exact) mass is 291 g/mol. The Morgan fingerprint density at radius 2 is 1.60 bits per heavy atom. The maximum atomic E-state index is 11.7. The number of hydrogen-bond donors (Lipinski definition) is 2. The van der Waals surface area contributed by atoms with Crippen molar-refractivity contribution in [1.82, 2.24) is 0 Å². The average molecular weight is 291 g/mol. The van der Waals surface area contributed by atoms with Gasteiger partial charge in [0.1, 0.15) is 5.75 Å². The summed E-state index contributed by atoms with van der Waals surface area (Å²) >= 11 is 0. The van der Waals surface area contributed by atoms with E-state index in [0.29, 0.717) is 11.4 Å². The molecule has 0 aromatic heterocycles. The number of aromatic hydroxyl groups is 1. The molecule has 2 aromatic rings. The topological polar surface area (TPSA) is 66.4 Å². The van der Waals surface area contributed by atoms with Gasteiger partial charge in [-0.1, -0.05) is 19.1 Å². The highest BCUT2D eigenvalue weighted by Gasteiger charge is 2.10. The molecule has 0 saturated heterocycles. The number of benzene rings is 2. The third kappa shape index (κ3) is 3.51. The maximum absolute atomic E-state index is 11.7. The first-order valence-electron chi connectivity index (χ1n) is 6.36. The second kappa shape index (κ2) is 5.96. The lowest BCUT2D eigenvalue weighted by Crippen LogP contribution is -2.04. The van der Waals surface area contributed by atoms with E-state index in [0.717, 1.165) is 11.3 Å². The Hall–Kier alpha value is -2.01. The SMILES string of the molecule is CCS(=O)(=O)c1ccc(NCc2ccc(O)cc2)cc1. The average Bonchev–Trinajstić information content (AvgIpc) is 2.47. The molecule has 0 aliphatic carbocycles. The number of anilines is 1. The van der Waals surface area contributed by atoms with Gasteiger partial charge in [0, 0.05) is 12.2 Å². The Morgan fingerprint density at radius 3 is 2.15 bits per heavy atom. The Balaban J connectivity index is 2.03. The molecule has 0 unspecified atom stereocenters. The van der Waals surface area contributed by atoms with Crippen LogP contribution in [-0.2, 0) is 16.4 Å². The lowest BCUT2D eigenvalue weighted by molar-refractivity contribution is 0.475. The first-order chi connectivity index (χ1) is 9.51. The summed E-state index contributed by atoms with van der Waals surface area (Å²) in [5.41, 5.74) is 1.89. The summed E-state index contributed by atoms with van der Waals surface area (Å²) in [6, 6.07) is 13.7. The molecule has 2 N–H and O–H groups in total. The van der Waals surface area contributed by atoms with Crippen molar-refractivity contribution < 1.29 is 13.5 Å². The molecule has 5 heteroatoms. The van der Waals surface area contributed by atoms with Crippen molar-refractivity contribution in [3.8, 4) is 5.75 Å². The van der Waals surface area contributed by atoms with Gasteiger partial charge < -0.3 is 10.4 Å². The summed E-state index contributed by atoms with van der Waals surface area (Å²) < 4.78 is 23.4. The van der Waals surface area contributed by atoms with Crippen LogP contribution >= 0.6 is 0 Å². The molecule has 0 amide bonds. The molecule has 2 rings (SSSR count). The van der Waals surface area contributed by atoms with Gasteiger partial charge in [0.15, 0.2) is 9.84 Å². The van der Waals surface area contributed by atoms with Crippen LogP contribution in [-0.4, -0.2) is 19.3 Å². The smallest absolute Gasteiger partial charge is 0.178 e. The second-order valence-corrected chi connectivity index (χ2v) is 6.73. The summed E-state index contributed by atoms with van der Waals surface area (Å²) in [7, 11) is -3.14. The summed E-state index contributed by atoms with van der Waals surface area (Å²) in [6.45, 7) is 2.24. The molecule has 20 heavy (non-hydrogen) atoms. The lowest BCUT2D eigenvalue weighted by Gasteiger charge is -2.08. The van der Waals surface area contributed by atoms with Crippen molar-refractivity contribution in [2.24, 2.45) is 0 Å². The van der Waals surface area contributed by atoms with Crippen molar-refractivity contribution >= 4 is 15.5 Å². The fraction of sp³-hybridized carbons (Fsp3) is 0.200. The van der Waals surface area contributed by atoms with Crippen molar-refractivity contribution in [1.29, 1.82) is 0 Å². The minimum Gasteiger partial charge on any atom is -0.508 e. The van der Waals surface area contributed by atoms with Crippen LogP contribution in [0, 0.1) is 0 Å². The maximum Gasteiger partial charge on any atom is 0.178 e. The van der Waals surface area contributed by atoms with Crippen molar-refractivity contribution in [3.05, 3.63) is 54.1 Å². The lowest BCUT2D eigenvalue weighted by atomic mass is 10.2. The number of rotatable bonds is 5. The van der Waals surface area contributed by atoms with E-state index in [-0.39, 0.29) is 11.5 Å². The van der Waals surface area contributed by atoms with E-state index in [1.807, 2.05) is 12.1 Å². The predicted molar refractivity (Wildman–Crippen MR) is 79.6 cm³/mol. The molecule has 0 spiro atoms. The number of phenolic OH excluding ortho intramolecular Hbond substituents is 1. The zero-order chi connectivity index (χ0) is 14.6. The van der Waals surface area contributed by atoms with E-state index in [2.05, 4.69) is 5.32 Å². The van der Waals surface area contributed by atoms with E-state index in [9.17, 15) is 13.5 Å². The van der Waals surface area contributed by atoms with Crippen molar-refractivity contribution in [2.45, 2.75) is 18.4 Å². The molecule has 106 valence electrons. The van der Waals surface area contributed by atoms with Crippen molar-refractivity contribution in [3.63, 3.8) is 0 Å². The Bertz CT molecular complexity index is 661. The first-order valence-corrected chi connectivity index (χ1v) is 8.01. The standard InChI is InChI=1S/C15H17NO3S/c1-2-20(18,19)15-9-5-13(6-10-15)16-11-12-3-7-14(17)8-4-12/h3-10,16-17H,2,11H2,1H3. The summed E-state index contributed by atoms with van der Waals surface area (Å²) in [4.78, 5) is 0.343. The van der Waals surface area contributed by atoms with Gasteiger partial charge >= 0.3 is 0 Å². The molecular formula is C15H17NO3S.